The highest BCUT2D eigenvalue weighted by Crippen LogP contribution is 2.58. The van der Waals surface area contributed by atoms with Gasteiger partial charge in [-0.2, -0.15) is 13.2 Å². The van der Waals surface area contributed by atoms with Gasteiger partial charge in [0.15, 0.2) is 0 Å². The van der Waals surface area contributed by atoms with Gasteiger partial charge in [0.25, 0.3) is 0 Å². The number of nitrogens with zero attached hydrogens (tertiary/aromatic N) is 2. The number of hydrogen-bond donors (Lipinski definition) is 3. The highest BCUT2D eigenvalue weighted by atomic mass is 19.4. The Hall–Kier alpha value is -2.85. The van der Waals surface area contributed by atoms with Crippen LogP contribution in [0.5, 0.6) is 0 Å². The Bertz CT molecular complexity index is 814. The number of pyridine rings is 1. The lowest BCUT2D eigenvalue weighted by atomic mass is 10.0. The number of nitrogens with one attached hydrogen (secondary N) is 2. The molecule has 0 radical (unpaired) electrons. The monoisotopic (exact) mass is 442 g/mol. The highest BCUT2D eigenvalue weighted by Gasteiger charge is 2.61. The van der Waals surface area contributed by atoms with Gasteiger partial charge in [-0.25, -0.2) is 9.59 Å². The van der Waals surface area contributed by atoms with Crippen LogP contribution in [-0.4, -0.2) is 58.2 Å². The fourth-order valence-electron chi connectivity index (χ4n) is 4.24. The van der Waals surface area contributed by atoms with E-state index in [2.05, 4.69) is 15.6 Å². The van der Waals surface area contributed by atoms with Crippen molar-refractivity contribution in [3.05, 3.63) is 24.5 Å². The molecule has 31 heavy (non-hydrogen) atoms. The van der Waals surface area contributed by atoms with Gasteiger partial charge < -0.3 is 20.6 Å². The van der Waals surface area contributed by atoms with Crippen molar-refractivity contribution < 1.29 is 32.7 Å². The van der Waals surface area contributed by atoms with E-state index in [0.717, 1.165) is 37.9 Å². The maximum absolute atomic E-state index is 12.4. The van der Waals surface area contributed by atoms with Gasteiger partial charge in [-0.05, 0) is 37.8 Å². The Balaban J connectivity index is 0.000000339. The van der Waals surface area contributed by atoms with E-state index in [9.17, 15) is 22.8 Å². The molecule has 0 aromatic carbocycles. The smallest absolute Gasteiger partial charge is 0.475 e. The molecule has 2 aliphatic carbocycles. The van der Waals surface area contributed by atoms with E-state index in [1.807, 2.05) is 17.0 Å². The zero-order chi connectivity index (χ0) is 22.6. The van der Waals surface area contributed by atoms with Gasteiger partial charge in [0.1, 0.15) is 0 Å². The normalized spacial score (nSPS) is 25.0. The Morgan fingerprint density at radius 2 is 1.90 bits per heavy atom. The van der Waals surface area contributed by atoms with Gasteiger partial charge in [-0.15, -0.1) is 0 Å². The fraction of sp³-hybridized carbons (Fsp3) is 0.600. The number of amides is 3. The number of carbonyl (C=O) groups excluding carboxylic acids is 2. The zero-order valence-electron chi connectivity index (χ0n) is 16.8. The van der Waals surface area contributed by atoms with E-state index in [1.165, 1.54) is 12.8 Å². The summed E-state index contributed by atoms with van der Waals surface area (Å²) in [7, 11) is 0. The largest absolute Gasteiger partial charge is 0.490 e. The molecule has 11 heteroatoms. The number of carboxylic acids is 1. The molecule has 1 aromatic heterocycles. The summed E-state index contributed by atoms with van der Waals surface area (Å²) in [6, 6.07) is 4.05. The summed E-state index contributed by atoms with van der Waals surface area (Å²) < 4.78 is 31.7. The predicted octanol–water partition coefficient (Wildman–Crippen LogP) is 3.02. The molecule has 3 fully saturated rings. The second-order valence-electron chi connectivity index (χ2n) is 8.26. The maximum Gasteiger partial charge on any atom is 0.490 e. The second kappa shape index (κ2) is 9.11. The summed E-state index contributed by atoms with van der Waals surface area (Å²) in [5.41, 5.74) is 0.734. The Morgan fingerprint density at radius 3 is 2.48 bits per heavy atom. The number of likely N-dealkylation sites (tertiary alicyclic amines) is 1. The first-order chi connectivity index (χ1) is 14.6. The molecular formula is C20H25F3N4O4. The summed E-state index contributed by atoms with van der Waals surface area (Å²) in [5.74, 6) is -2.68. The molecule has 2 heterocycles. The lowest BCUT2D eigenvalue weighted by Gasteiger charge is -2.20. The van der Waals surface area contributed by atoms with Gasteiger partial charge in [-0.3, -0.25) is 9.78 Å². The third-order valence-corrected chi connectivity index (χ3v) is 6.03. The number of urea groups is 1. The SMILES string of the molecule is O=C(Nc1cccnc1)C1CC12CCN(C(=O)NC1CCCC1)C2.O=C(O)C(F)(F)F. The van der Waals surface area contributed by atoms with E-state index in [-0.39, 0.29) is 23.3 Å². The summed E-state index contributed by atoms with van der Waals surface area (Å²) in [6.45, 7) is 1.46. The lowest BCUT2D eigenvalue weighted by Crippen LogP contribution is -2.43. The third kappa shape index (κ3) is 5.86. The minimum atomic E-state index is -5.08. The van der Waals surface area contributed by atoms with E-state index < -0.39 is 12.1 Å². The molecule has 1 aliphatic heterocycles. The molecule has 3 N–H and O–H groups in total. The standard InChI is InChI=1S/C18H24N4O2.C2HF3O2/c23-16(20-14-6-3-8-19-11-14)15-10-18(15)7-9-22(12-18)17(24)21-13-4-1-2-5-13;3-2(4,5)1(6)7/h3,6,8,11,13,15H,1-2,4-5,7,9-10,12H2,(H,20,23)(H,21,24);(H,6,7). The Labute approximate surface area is 177 Å². The van der Waals surface area contributed by atoms with Crippen LogP contribution in [0, 0.1) is 11.3 Å². The van der Waals surface area contributed by atoms with Crippen LogP contribution in [0.4, 0.5) is 23.7 Å². The topological polar surface area (TPSA) is 112 Å². The number of hydrogen-bond acceptors (Lipinski definition) is 4. The Kier molecular flexibility index (Phi) is 6.71. The van der Waals surface area contributed by atoms with Crippen LogP contribution in [-0.2, 0) is 9.59 Å². The molecule has 1 aromatic rings. The molecule has 2 saturated carbocycles. The number of halogens is 3. The number of carboxylic acid groups (broad SMARTS) is 1. The van der Waals surface area contributed by atoms with Crippen molar-refractivity contribution in [2.75, 3.05) is 18.4 Å². The van der Waals surface area contributed by atoms with E-state index in [4.69, 9.17) is 9.90 Å². The molecule has 2 atom stereocenters. The van der Waals surface area contributed by atoms with Crippen LogP contribution in [0.25, 0.3) is 0 Å². The fourth-order valence-corrected chi connectivity index (χ4v) is 4.24. The van der Waals surface area contributed by atoms with Crippen molar-refractivity contribution in [1.29, 1.82) is 0 Å². The zero-order valence-corrected chi connectivity index (χ0v) is 16.8. The van der Waals surface area contributed by atoms with Gasteiger partial charge in [0, 0.05) is 36.7 Å². The quantitative estimate of drug-likeness (QED) is 0.666. The molecule has 8 nitrogen and oxygen atoms in total. The number of alkyl halides is 3. The average molecular weight is 442 g/mol. The number of carbonyl (C=O) groups is 3. The maximum atomic E-state index is 12.4. The van der Waals surface area contributed by atoms with Crippen LogP contribution in [0.2, 0.25) is 0 Å². The summed E-state index contributed by atoms with van der Waals surface area (Å²) in [5, 5.41) is 13.2. The first-order valence-electron chi connectivity index (χ1n) is 10.2. The number of anilines is 1. The predicted molar refractivity (Wildman–Crippen MR) is 104 cm³/mol. The van der Waals surface area contributed by atoms with Crippen LogP contribution in [0.15, 0.2) is 24.5 Å². The van der Waals surface area contributed by atoms with E-state index >= 15 is 0 Å². The van der Waals surface area contributed by atoms with Crippen molar-refractivity contribution >= 4 is 23.6 Å². The van der Waals surface area contributed by atoms with Crippen molar-refractivity contribution in [1.82, 2.24) is 15.2 Å². The minimum Gasteiger partial charge on any atom is -0.475 e. The van der Waals surface area contributed by atoms with Gasteiger partial charge in [0.2, 0.25) is 5.91 Å². The van der Waals surface area contributed by atoms with E-state index in [0.29, 0.717) is 12.6 Å². The van der Waals surface area contributed by atoms with Crippen LogP contribution < -0.4 is 10.6 Å². The molecule has 1 saturated heterocycles. The number of aromatic nitrogens is 1. The first kappa shape index (κ1) is 22.8. The van der Waals surface area contributed by atoms with Crippen LogP contribution in [0.3, 0.4) is 0 Å². The Morgan fingerprint density at radius 1 is 1.23 bits per heavy atom. The van der Waals surface area contributed by atoms with Crippen molar-refractivity contribution in [3.63, 3.8) is 0 Å². The summed E-state index contributed by atoms with van der Waals surface area (Å²) >= 11 is 0. The number of aliphatic carboxylic acids is 1. The molecule has 2 unspecified atom stereocenters. The van der Waals surface area contributed by atoms with E-state index in [1.54, 1.807) is 12.4 Å². The minimum absolute atomic E-state index is 0.000686. The summed E-state index contributed by atoms with van der Waals surface area (Å²) in [6.07, 6.45) is 4.69. The molecule has 170 valence electrons. The molecular weight excluding hydrogens is 417 g/mol. The number of rotatable bonds is 3. The molecule has 1 spiro atoms. The van der Waals surface area contributed by atoms with Crippen molar-refractivity contribution in [2.24, 2.45) is 11.3 Å². The molecule has 3 amide bonds. The van der Waals surface area contributed by atoms with Crippen LogP contribution in [0.1, 0.15) is 38.5 Å². The third-order valence-electron chi connectivity index (χ3n) is 6.03. The lowest BCUT2D eigenvalue weighted by molar-refractivity contribution is -0.192. The molecule has 0 bridgehead atoms. The van der Waals surface area contributed by atoms with Gasteiger partial charge >= 0.3 is 18.2 Å². The second-order valence-corrected chi connectivity index (χ2v) is 8.26. The van der Waals surface area contributed by atoms with Crippen molar-refractivity contribution in [3.8, 4) is 0 Å². The average Bonchev–Trinajstić information content (AvgIpc) is 3.03. The highest BCUT2D eigenvalue weighted by molar-refractivity contribution is 5.95. The van der Waals surface area contributed by atoms with Gasteiger partial charge in [0.05, 0.1) is 11.9 Å². The van der Waals surface area contributed by atoms with Crippen LogP contribution >= 0.6 is 0 Å². The first-order valence-corrected chi connectivity index (χ1v) is 10.2. The van der Waals surface area contributed by atoms with Gasteiger partial charge in [-0.1, -0.05) is 12.8 Å². The molecule has 4 rings (SSSR count). The molecule has 3 aliphatic rings. The summed E-state index contributed by atoms with van der Waals surface area (Å²) in [4.78, 5) is 39.6. The van der Waals surface area contributed by atoms with Crippen molar-refractivity contribution in [2.45, 2.75) is 50.7 Å².